The fraction of sp³-hybridized carbons (Fsp3) is 0.176. The van der Waals surface area contributed by atoms with E-state index in [1.54, 1.807) is 0 Å². The third-order valence-electron chi connectivity index (χ3n) is 3.09. The first-order valence-corrected chi connectivity index (χ1v) is 7.78. The summed E-state index contributed by atoms with van der Waals surface area (Å²) in [5.74, 6) is -1.16. The number of rotatable bonds is 7. The van der Waals surface area contributed by atoms with Crippen LogP contribution < -0.4 is 9.47 Å². The number of aromatic nitrogens is 1. The maximum Gasteiger partial charge on any atom is 0.417 e. The number of aliphatic hydroxyl groups is 1. The molecule has 28 heavy (non-hydrogen) atoms. The van der Waals surface area contributed by atoms with Gasteiger partial charge in [0.1, 0.15) is 23.1 Å². The smallest absolute Gasteiger partial charge is 0.417 e. The van der Waals surface area contributed by atoms with E-state index in [0.29, 0.717) is 17.8 Å². The molecule has 0 bridgehead atoms. The number of nitrogens with zero attached hydrogens (tertiary/aromatic N) is 1. The molecular formula is C17H15ClF3NO6. The van der Waals surface area contributed by atoms with Crippen LogP contribution in [0.25, 0.3) is 6.08 Å². The number of benzene rings is 1. The first kappa shape index (κ1) is 23.2. The van der Waals surface area contributed by atoms with Crippen molar-refractivity contribution in [1.29, 1.82) is 0 Å². The van der Waals surface area contributed by atoms with Gasteiger partial charge in [-0.3, -0.25) is 0 Å². The summed E-state index contributed by atoms with van der Waals surface area (Å²) in [6, 6.07) is 5.01. The Bertz CT molecular complexity index is 857. The number of pyridine rings is 1. The van der Waals surface area contributed by atoms with Gasteiger partial charge in [-0.15, -0.1) is 0 Å². The van der Waals surface area contributed by atoms with E-state index < -0.39 is 17.7 Å². The lowest BCUT2D eigenvalue weighted by Crippen LogP contribution is -2.06. The number of carboxylic acids is 1. The lowest BCUT2D eigenvalue weighted by Gasteiger charge is -2.13. The quantitative estimate of drug-likeness (QED) is 0.662. The van der Waals surface area contributed by atoms with Gasteiger partial charge in [0.05, 0.1) is 12.2 Å². The largest absolute Gasteiger partial charge is 0.491 e. The molecule has 0 saturated carbocycles. The van der Waals surface area contributed by atoms with Gasteiger partial charge < -0.3 is 25.2 Å². The highest BCUT2D eigenvalue weighted by molar-refractivity contribution is 6.31. The highest BCUT2D eigenvalue weighted by atomic mass is 35.5. The number of carbonyl (C=O) groups is 1. The Labute approximate surface area is 161 Å². The molecule has 0 spiro atoms. The minimum Gasteiger partial charge on any atom is -0.491 e. The van der Waals surface area contributed by atoms with Crippen LogP contribution in [0, 0.1) is 0 Å². The lowest BCUT2D eigenvalue weighted by atomic mass is 10.1. The molecule has 0 amide bonds. The summed E-state index contributed by atoms with van der Waals surface area (Å²) in [5, 5.41) is 17.2. The van der Waals surface area contributed by atoms with Crippen LogP contribution in [0.3, 0.4) is 0 Å². The number of alkyl halides is 3. The molecule has 2 aromatic rings. The lowest BCUT2D eigenvalue weighted by molar-refractivity contribution is -0.138. The second-order valence-corrected chi connectivity index (χ2v) is 5.46. The van der Waals surface area contributed by atoms with Crippen molar-refractivity contribution in [2.45, 2.75) is 6.18 Å². The molecule has 2 rings (SSSR count). The monoisotopic (exact) mass is 421 g/mol. The van der Waals surface area contributed by atoms with Crippen LogP contribution in [0.15, 0.2) is 36.5 Å². The molecule has 0 aliphatic carbocycles. The molecule has 0 aliphatic heterocycles. The highest BCUT2D eigenvalue weighted by Crippen LogP contribution is 2.36. The summed E-state index contributed by atoms with van der Waals surface area (Å²) in [6.07, 6.45) is -1.95. The van der Waals surface area contributed by atoms with Crippen LogP contribution in [-0.2, 0) is 11.0 Å². The Morgan fingerprint density at radius 2 is 2.00 bits per heavy atom. The standard InChI is InChI=1S/C17H13ClF3NO5.H2O/c18-13-7-11(17(19,20)21)9-22-16(13)27-14-8-12(26-6-5-23)3-1-10(14)2-4-15(24)25;/h1-4,7-9,23H,5-6H2,(H,24,25);1H2/b4-2+;. The Morgan fingerprint density at radius 3 is 2.57 bits per heavy atom. The molecule has 1 heterocycles. The zero-order valence-corrected chi connectivity index (χ0v) is 14.8. The molecule has 0 fully saturated rings. The average Bonchev–Trinajstić information content (AvgIpc) is 2.59. The van der Waals surface area contributed by atoms with Crippen LogP contribution >= 0.6 is 11.6 Å². The van der Waals surface area contributed by atoms with E-state index in [-0.39, 0.29) is 41.1 Å². The van der Waals surface area contributed by atoms with Crippen LogP contribution in [0.4, 0.5) is 13.2 Å². The number of aliphatic hydroxyl groups excluding tert-OH is 1. The van der Waals surface area contributed by atoms with Gasteiger partial charge in [-0.1, -0.05) is 11.6 Å². The summed E-state index contributed by atoms with van der Waals surface area (Å²) in [6.45, 7) is -0.230. The molecular weight excluding hydrogens is 407 g/mol. The molecule has 152 valence electrons. The van der Waals surface area contributed by atoms with Crippen molar-refractivity contribution in [3.63, 3.8) is 0 Å². The number of ether oxygens (including phenoxy) is 2. The van der Waals surface area contributed by atoms with E-state index in [9.17, 15) is 18.0 Å². The molecule has 11 heteroatoms. The Hall–Kier alpha value is -2.82. The summed E-state index contributed by atoms with van der Waals surface area (Å²) in [5.41, 5.74) is -0.739. The van der Waals surface area contributed by atoms with E-state index in [4.69, 9.17) is 31.3 Å². The minimum atomic E-state index is -4.61. The topological polar surface area (TPSA) is 120 Å². The Kier molecular flexibility index (Phi) is 8.23. The van der Waals surface area contributed by atoms with Crippen LogP contribution in [0.1, 0.15) is 11.1 Å². The van der Waals surface area contributed by atoms with Crippen molar-refractivity contribution in [1.82, 2.24) is 4.98 Å². The average molecular weight is 422 g/mol. The molecule has 0 aliphatic rings. The number of carboxylic acid groups (broad SMARTS) is 1. The fourth-order valence-corrected chi connectivity index (χ4v) is 2.12. The van der Waals surface area contributed by atoms with Gasteiger partial charge >= 0.3 is 12.1 Å². The van der Waals surface area contributed by atoms with E-state index in [1.165, 1.54) is 24.3 Å². The van der Waals surface area contributed by atoms with Crippen LogP contribution in [-0.4, -0.2) is 39.9 Å². The Morgan fingerprint density at radius 1 is 1.29 bits per heavy atom. The van der Waals surface area contributed by atoms with Gasteiger partial charge in [-0.25, -0.2) is 9.78 Å². The normalized spacial score (nSPS) is 11.2. The third kappa shape index (κ3) is 6.41. The first-order chi connectivity index (χ1) is 12.7. The number of aliphatic carboxylic acids is 1. The van der Waals surface area contributed by atoms with Gasteiger partial charge in [0.25, 0.3) is 0 Å². The third-order valence-corrected chi connectivity index (χ3v) is 3.36. The van der Waals surface area contributed by atoms with Crippen LogP contribution in [0.2, 0.25) is 5.02 Å². The predicted molar refractivity (Wildman–Crippen MR) is 93.6 cm³/mol. The number of halogens is 4. The summed E-state index contributed by atoms with van der Waals surface area (Å²) in [7, 11) is 0. The molecule has 1 aromatic heterocycles. The van der Waals surface area contributed by atoms with Gasteiger partial charge in [0.15, 0.2) is 0 Å². The Balaban J connectivity index is 0.00000392. The van der Waals surface area contributed by atoms with Crippen molar-refractivity contribution in [3.8, 4) is 17.4 Å². The molecule has 7 nitrogen and oxygen atoms in total. The maximum atomic E-state index is 12.7. The molecule has 0 radical (unpaired) electrons. The molecule has 0 unspecified atom stereocenters. The number of hydrogen-bond donors (Lipinski definition) is 2. The van der Waals surface area contributed by atoms with Crippen molar-refractivity contribution < 1.29 is 43.1 Å². The van der Waals surface area contributed by atoms with Crippen molar-refractivity contribution in [2.24, 2.45) is 0 Å². The minimum absolute atomic E-state index is 0. The van der Waals surface area contributed by atoms with Gasteiger partial charge in [0.2, 0.25) is 5.88 Å². The first-order valence-electron chi connectivity index (χ1n) is 7.40. The van der Waals surface area contributed by atoms with Crippen LogP contribution in [0.5, 0.6) is 17.4 Å². The van der Waals surface area contributed by atoms with E-state index in [2.05, 4.69) is 4.98 Å². The predicted octanol–water partition coefficient (Wildman–Crippen LogP) is 3.19. The highest BCUT2D eigenvalue weighted by Gasteiger charge is 2.31. The number of hydrogen-bond acceptors (Lipinski definition) is 5. The maximum absolute atomic E-state index is 12.7. The van der Waals surface area contributed by atoms with E-state index in [1.807, 2.05) is 0 Å². The van der Waals surface area contributed by atoms with Gasteiger partial charge in [-0.05, 0) is 24.3 Å². The summed E-state index contributed by atoms with van der Waals surface area (Å²) in [4.78, 5) is 14.3. The summed E-state index contributed by atoms with van der Waals surface area (Å²) < 4.78 is 48.8. The second kappa shape index (κ2) is 9.93. The van der Waals surface area contributed by atoms with Crippen molar-refractivity contribution in [2.75, 3.05) is 13.2 Å². The SMILES string of the molecule is O.O=C(O)/C=C/c1ccc(OCCO)cc1Oc1ncc(C(F)(F)F)cc1Cl. The zero-order chi connectivity index (χ0) is 20.0. The molecule has 4 N–H and O–H groups in total. The van der Waals surface area contributed by atoms with Crippen molar-refractivity contribution in [3.05, 3.63) is 52.7 Å². The van der Waals surface area contributed by atoms with E-state index in [0.717, 1.165) is 6.08 Å². The second-order valence-electron chi connectivity index (χ2n) is 5.05. The van der Waals surface area contributed by atoms with Crippen molar-refractivity contribution >= 4 is 23.6 Å². The summed E-state index contributed by atoms with van der Waals surface area (Å²) >= 11 is 5.82. The van der Waals surface area contributed by atoms with Gasteiger partial charge in [-0.2, -0.15) is 13.2 Å². The molecule has 1 aromatic carbocycles. The van der Waals surface area contributed by atoms with Gasteiger partial charge in [0, 0.05) is 23.9 Å². The molecule has 0 atom stereocenters. The fourth-order valence-electron chi connectivity index (χ4n) is 1.91. The zero-order valence-electron chi connectivity index (χ0n) is 14.0. The van der Waals surface area contributed by atoms with E-state index >= 15 is 0 Å². The molecule has 0 saturated heterocycles.